The molecule has 0 spiro atoms. The Kier molecular flexibility index (Phi) is 3.93. The SMILES string of the molecule is CCOC(=O)c1oc2cc(O)ccc2c(=O)c1-c1nc2ccccc2s1. The summed E-state index contributed by atoms with van der Waals surface area (Å²) >= 11 is 1.30. The molecule has 2 aromatic heterocycles. The van der Waals surface area contributed by atoms with Crippen LogP contribution in [0.4, 0.5) is 0 Å². The zero-order chi connectivity index (χ0) is 18.3. The summed E-state index contributed by atoms with van der Waals surface area (Å²) in [6.45, 7) is 1.81. The fraction of sp³-hybridized carbons (Fsp3) is 0.105. The van der Waals surface area contributed by atoms with Crippen LogP contribution in [0.25, 0.3) is 31.8 Å². The number of phenols is 1. The third-order valence-corrected chi connectivity index (χ3v) is 4.90. The predicted octanol–water partition coefficient (Wildman–Crippen LogP) is 3.95. The molecule has 1 N–H and O–H groups in total. The zero-order valence-corrected chi connectivity index (χ0v) is 14.5. The van der Waals surface area contributed by atoms with Crippen LogP contribution >= 0.6 is 11.3 Å². The van der Waals surface area contributed by atoms with E-state index in [4.69, 9.17) is 9.15 Å². The van der Waals surface area contributed by atoms with Gasteiger partial charge in [-0.3, -0.25) is 4.79 Å². The maximum Gasteiger partial charge on any atom is 0.375 e. The number of hydrogen-bond acceptors (Lipinski definition) is 7. The molecule has 0 aliphatic heterocycles. The van der Waals surface area contributed by atoms with Crippen molar-refractivity contribution in [3.05, 3.63) is 58.4 Å². The van der Waals surface area contributed by atoms with E-state index in [0.717, 1.165) is 10.2 Å². The van der Waals surface area contributed by atoms with Crippen LogP contribution in [0.15, 0.2) is 51.7 Å². The second kappa shape index (κ2) is 6.27. The normalized spacial score (nSPS) is 11.1. The number of phenolic OH excluding ortho intramolecular Hbond substituents is 1. The van der Waals surface area contributed by atoms with Gasteiger partial charge in [0, 0.05) is 6.07 Å². The van der Waals surface area contributed by atoms with E-state index in [1.165, 1.54) is 29.5 Å². The summed E-state index contributed by atoms with van der Waals surface area (Å²) in [4.78, 5) is 29.9. The molecule has 0 atom stereocenters. The summed E-state index contributed by atoms with van der Waals surface area (Å²) in [7, 11) is 0. The number of hydrogen-bond donors (Lipinski definition) is 1. The number of benzene rings is 2. The van der Waals surface area contributed by atoms with E-state index in [1.54, 1.807) is 6.92 Å². The van der Waals surface area contributed by atoms with Crippen molar-refractivity contribution in [1.82, 2.24) is 4.98 Å². The molecule has 0 aliphatic rings. The van der Waals surface area contributed by atoms with Crippen molar-refractivity contribution >= 4 is 38.5 Å². The first kappa shape index (κ1) is 16.3. The fourth-order valence-corrected chi connectivity index (χ4v) is 3.70. The van der Waals surface area contributed by atoms with Gasteiger partial charge in [-0.1, -0.05) is 12.1 Å². The van der Waals surface area contributed by atoms with Gasteiger partial charge < -0.3 is 14.3 Å². The standard InChI is InChI=1S/C19H13NO5S/c1-2-24-19(23)17-15(18-20-12-5-3-4-6-14(12)26-18)16(22)11-8-7-10(21)9-13(11)25-17/h3-9,21H,2H2,1H3. The molecular weight excluding hydrogens is 354 g/mol. The monoisotopic (exact) mass is 367 g/mol. The highest BCUT2D eigenvalue weighted by Crippen LogP contribution is 2.32. The molecule has 2 heterocycles. The molecule has 0 bridgehead atoms. The topological polar surface area (TPSA) is 89.6 Å². The number of carbonyl (C=O) groups excluding carboxylic acids is 1. The van der Waals surface area contributed by atoms with E-state index in [1.807, 2.05) is 24.3 Å². The van der Waals surface area contributed by atoms with Crippen LogP contribution < -0.4 is 5.43 Å². The average molecular weight is 367 g/mol. The smallest absolute Gasteiger partial charge is 0.375 e. The van der Waals surface area contributed by atoms with Crippen LogP contribution in [-0.2, 0) is 4.74 Å². The number of carbonyl (C=O) groups is 1. The van der Waals surface area contributed by atoms with Crippen LogP contribution in [0.5, 0.6) is 5.75 Å². The van der Waals surface area contributed by atoms with Crippen molar-refractivity contribution in [2.75, 3.05) is 6.61 Å². The lowest BCUT2D eigenvalue weighted by molar-refractivity contribution is 0.0492. The average Bonchev–Trinajstić information content (AvgIpc) is 3.05. The van der Waals surface area contributed by atoms with Crippen LogP contribution in [0.3, 0.4) is 0 Å². The van der Waals surface area contributed by atoms with Gasteiger partial charge in [-0.15, -0.1) is 11.3 Å². The first-order valence-electron chi connectivity index (χ1n) is 7.91. The van der Waals surface area contributed by atoms with Crippen molar-refractivity contribution < 1.29 is 19.1 Å². The third kappa shape index (κ3) is 2.62. The quantitative estimate of drug-likeness (QED) is 0.552. The fourth-order valence-electron chi connectivity index (χ4n) is 2.70. The van der Waals surface area contributed by atoms with Gasteiger partial charge in [-0.2, -0.15) is 0 Å². The lowest BCUT2D eigenvalue weighted by Crippen LogP contribution is -2.14. The minimum atomic E-state index is -0.746. The molecule has 0 fully saturated rings. The Bertz CT molecular complexity index is 1170. The second-order valence-electron chi connectivity index (χ2n) is 5.52. The highest BCUT2D eigenvalue weighted by molar-refractivity contribution is 7.21. The number of nitrogens with zero attached hydrogens (tertiary/aromatic N) is 1. The minimum absolute atomic E-state index is 0.0665. The molecule has 0 saturated carbocycles. The Morgan fingerprint density at radius 1 is 1.27 bits per heavy atom. The number of aromatic nitrogens is 1. The number of para-hydroxylation sites is 1. The lowest BCUT2D eigenvalue weighted by atomic mass is 10.1. The molecule has 26 heavy (non-hydrogen) atoms. The molecule has 0 aliphatic carbocycles. The first-order chi connectivity index (χ1) is 12.6. The molecule has 0 unspecified atom stereocenters. The summed E-state index contributed by atoms with van der Waals surface area (Å²) in [5, 5.41) is 10.3. The Labute approximate surface area is 151 Å². The van der Waals surface area contributed by atoms with Gasteiger partial charge in [0.1, 0.15) is 21.9 Å². The highest BCUT2D eigenvalue weighted by Gasteiger charge is 2.25. The van der Waals surface area contributed by atoms with Crippen LogP contribution in [0.1, 0.15) is 17.5 Å². The van der Waals surface area contributed by atoms with E-state index in [2.05, 4.69) is 4.98 Å². The van der Waals surface area contributed by atoms with E-state index < -0.39 is 11.4 Å². The summed E-state index contributed by atoms with van der Waals surface area (Å²) < 4.78 is 11.6. The molecule has 6 nitrogen and oxygen atoms in total. The third-order valence-electron chi connectivity index (χ3n) is 3.84. The molecule has 2 aromatic carbocycles. The molecule has 4 rings (SSSR count). The predicted molar refractivity (Wildman–Crippen MR) is 98.7 cm³/mol. The minimum Gasteiger partial charge on any atom is -0.508 e. The number of esters is 1. The number of ether oxygens (including phenoxy) is 1. The van der Waals surface area contributed by atoms with Gasteiger partial charge in [-0.25, -0.2) is 9.78 Å². The molecule has 7 heteroatoms. The van der Waals surface area contributed by atoms with Gasteiger partial charge in [0.05, 0.1) is 22.2 Å². The largest absolute Gasteiger partial charge is 0.508 e. The zero-order valence-electron chi connectivity index (χ0n) is 13.7. The van der Waals surface area contributed by atoms with Crippen molar-refractivity contribution in [2.45, 2.75) is 6.92 Å². The van der Waals surface area contributed by atoms with Gasteiger partial charge in [0.15, 0.2) is 0 Å². The van der Waals surface area contributed by atoms with E-state index in [-0.39, 0.29) is 34.6 Å². The number of rotatable bonds is 3. The van der Waals surface area contributed by atoms with E-state index in [9.17, 15) is 14.7 Å². The number of aromatic hydroxyl groups is 1. The van der Waals surface area contributed by atoms with Crippen molar-refractivity contribution in [3.8, 4) is 16.3 Å². The first-order valence-corrected chi connectivity index (χ1v) is 8.73. The number of thiazole rings is 1. The summed E-state index contributed by atoms with van der Waals surface area (Å²) in [6, 6.07) is 11.6. The van der Waals surface area contributed by atoms with Crippen LogP contribution in [0.2, 0.25) is 0 Å². The van der Waals surface area contributed by atoms with Crippen LogP contribution in [-0.4, -0.2) is 22.7 Å². The summed E-state index contributed by atoms with van der Waals surface area (Å²) in [5.41, 5.74) is 0.520. The Balaban J connectivity index is 2.06. The van der Waals surface area contributed by atoms with Gasteiger partial charge in [0.25, 0.3) is 0 Å². The number of fused-ring (bicyclic) bond motifs is 2. The Morgan fingerprint density at radius 3 is 2.85 bits per heavy atom. The van der Waals surface area contributed by atoms with Crippen LogP contribution in [0, 0.1) is 0 Å². The van der Waals surface area contributed by atoms with Crippen molar-refractivity contribution in [1.29, 1.82) is 0 Å². The lowest BCUT2D eigenvalue weighted by Gasteiger charge is -2.07. The van der Waals surface area contributed by atoms with Crippen molar-refractivity contribution in [2.24, 2.45) is 0 Å². The molecule has 0 amide bonds. The summed E-state index contributed by atoms with van der Waals surface area (Å²) in [6.07, 6.45) is 0. The maximum atomic E-state index is 13.1. The molecule has 0 saturated heterocycles. The van der Waals surface area contributed by atoms with E-state index in [0.29, 0.717) is 5.01 Å². The van der Waals surface area contributed by atoms with Gasteiger partial charge in [-0.05, 0) is 31.2 Å². The highest BCUT2D eigenvalue weighted by atomic mass is 32.1. The van der Waals surface area contributed by atoms with Gasteiger partial charge in [0.2, 0.25) is 11.2 Å². The summed E-state index contributed by atoms with van der Waals surface area (Å²) in [5.74, 6) is -1.03. The van der Waals surface area contributed by atoms with E-state index >= 15 is 0 Å². The molecule has 0 radical (unpaired) electrons. The molecule has 4 aromatic rings. The van der Waals surface area contributed by atoms with Crippen molar-refractivity contribution in [3.63, 3.8) is 0 Å². The Morgan fingerprint density at radius 2 is 2.08 bits per heavy atom. The molecule has 130 valence electrons. The second-order valence-corrected chi connectivity index (χ2v) is 6.55. The Hall–Kier alpha value is -3.19. The molecular formula is C19H13NO5S. The maximum absolute atomic E-state index is 13.1. The van der Waals surface area contributed by atoms with Gasteiger partial charge >= 0.3 is 5.97 Å².